The summed E-state index contributed by atoms with van der Waals surface area (Å²) in [5, 5.41) is 6.66. The average Bonchev–Trinajstić information content (AvgIpc) is 2.90. The highest BCUT2D eigenvalue weighted by Gasteiger charge is 2.10. The van der Waals surface area contributed by atoms with Crippen molar-refractivity contribution in [2.75, 3.05) is 13.1 Å². The summed E-state index contributed by atoms with van der Waals surface area (Å²) in [5.74, 6) is -0.181. The van der Waals surface area contributed by atoms with Crippen molar-refractivity contribution in [1.82, 2.24) is 10.3 Å². The lowest BCUT2D eigenvalue weighted by atomic mass is 10.1. The third-order valence-corrected chi connectivity index (χ3v) is 4.33. The molecule has 3 N–H and O–H groups in total. The van der Waals surface area contributed by atoms with E-state index in [2.05, 4.69) is 10.3 Å². The summed E-state index contributed by atoms with van der Waals surface area (Å²) in [5.41, 5.74) is 6.84. The average molecular weight is 381 g/mol. The first-order valence-corrected chi connectivity index (χ1v) is 8.10. The van der Waals surface area contributed by atoms with E-state index in [1.54, 1.807) is 17.5 Å². The van der Waals surface area contributed by atoms with Crippen LogP contribution in [0.2, 0.25) is 10.0 Å². The molecule has 1 heterocycles. The molecule has 0 saturated heterocycles. The van der Waals surface area contributed by atoms with E-state index in [1.165, 1.54) is 11.3 Å². The van der Waals surface area contributed by atoms with E-state index in [1.807, 2.05) is 6.07 Å². The summed E-state index contributed by atoms with van der Waals surface area (Å²) in [6.07, 6.45) is 1.33. The molecule has 0 saturated carbocycles. The normalized spacial score (nSPS) is 10.1. The Labute approximate surface area is 149 Å². The number of hydrogen-bond donors (Lipinski definition) is 2. The molecule has 0 fully saturated rings. The summed E-state index contributed by atoms with van der Waals surface area (Å²) >= 11 is 13.4. The molecule has 1 aromatic heterocycles. The molecular weight excluding hydrogens is 365 g/mol. The van der Waals surface area contributed by atoms with Crippen LogP contribution in [0.3, 0.4) is 0 Å². The summed E-state index contributed by atoms with van der Waals surface area (Å²) in [6, 6.07) is 5.34. The lowest BCUT2D eigenvalue weighted by Crippen LogP contribution is -2.26. The molecule has 0 aliphatic rings. The van der Waals surface area contributed by atoms with Gasteiger partial charge < -0.3 is 11.1 Å². The Kier molecular flexibility index (Phi) is 8.14. The van der Waals surface area contributed by atoms with Crippen molar-refractivity contribution >= 4 is 52.9 Å². The van der Waals surface area contributed by atoms with Crippen LogP contribution in [0, 0.1) is 0 Å². The van der Waals surface area contributed by atoms with Crippen LogP contribution >= 0.6 is 46.9 Å². The van der Waals surface area contributed by atoms with Gasteiger partial charge in [0.1, 0.15) is 5.69 Å². The van der Waals surface area contributed by atoms with E-state index in [4.69, 9.17) is 28.9 Å². The standard InChI is InChI=1S/C14H15Cl2N3OS.ClH/c15-10-2-1-9(11(16)7-10)4-6-18-14(20)12-8-21-13(19-12)3-5-17;/h1-2,7-8H,3-6,17H2,(H,18,20);1H. The molecule has 0 atom stereocenters. The van der Waals surface area contributed by atoms with E-state index < -0.39 is 0 Å². The molecule has 4 nitrogen and oxygen atoms in total. The minimum absolute atomic E-state index is 0. The number of thiazole rings is 1. The number of hydrogen-bond acceptors (Lipinski definition) is 4. The summed E-state index contributed by atoms with van der Waals surface area (Å²) in [6.45, 7) is 1.02. The van der Waals surface area contributed by atoms with Crippen molar-refractivity contribution in [3.05, 3.63) is 49.9 Å². The van der Waals surface area contributed by atoms with Crippen LogP contribution in [-0.4, -0.2) is 24.0 Å². The maximum absolute atomic E-state index is 11.9. The number of amides is 1. The quantitative estimate of drug-likeness (QED) is 0.807. The first-order chi connectivity index (χ1) is 10.1. The van der Waals surface area contributed by atoms with E-state index in [0.717, 1.165) is 10.6 Å². The van der Waals surface area contributed by atoms with Gasteiger partial charge in [0.15, 0.2) is 0 Å². The molecule has 0 aliphatic heterocycles. The van der Waals surface area contributed by atoms with Crippen LogP contribution in [-0.2, 0) is 12.8 Å². The lowest BCUT2D eigenvalue weighted by Gasteiger charge is -2.06. The molecule has 2 rings (SSSR count). The van der Waals surface area contributed by atoms with E-state index in [-0.39, 0.29) is 18.3 Å². The molecule has 120 valence electrons. The second-order valence-corrected chi connectivity index (χ2v) is 6.19. The Hall–Kier alpha value is -0.850. The van der Waals surface area contributed by atoms with E-state index in [9.17, 15) is 4.79 Å². The first kappa shape index (κ1) is 19.2. The predicted molar refractivity (Wildman–Crippen MR) is 94.6 cm³/mol. The topological polar surface area (TPSA) is 68.0 Å². The second-order valence-electron chi connectivity index (χ2n) is 4.41. The molecule has 8 heteroatoms. The fraction of sp³-hybridized carbons (Fsp3) is 0.286. The third-order valence-electron chi connectivity index (χ3n) is 2.84. The number of benzene rings is 1. The minimum Gasteiger partial charge on any atom is -0.350 e. The highest BCUT2D eigenvalue weighted by atomic mass is 35.5. The Morgan fingerprint density at radius 1 is 1.32 bits per heavy atom. The lowest BCUT2D eigenvalue weighted by molar-refractivity contribution is 0.0949. The van der Waals surface area contributed by atoms with Gasteiger partial charge in [-0.05, 0) is 30.7 Å². The molecular formula is C14H16Cl3N3OS. The Bertz CT molecular complexity index is 634. The van der Waals surface area contributed by atoms with Gasteiger partial charge in [0.05, 0.1) is 5.01 Å². The van der Waals surface area contributed by atoms with Crippen LogP contribution < -0.4 is 11.1 Å². The maximum atomic E-state index is 11.9. The van der Waals surface area contributed by atoms with Gasteiger partial charge in [-0.1, -0.05) is 29.3 Å². The van der Waals surface area contributed by atoms with Gasteiger partial charge in [-0.15, -0.1) is 23.7 Å². The zero-order chi connectivity index (χ0) is 15.2. The number of aromatic nitrogens is 1. The van der Waals surface area contributed by atoms with Crippen molar-refractivity contribution in [2.45, 2.75) is 12.8 Å². The monoisotopic (exact) mass is 379 g/mol. The number of carbonyl (C=O) groups excluding carboxylic acids is 1. The minimum atomic E-state index is -0.181. The van der Waals surface area contributed by atoms with Gasteiger partial charge in [0.2, 0.25) is 0 Å². The summed E-state index contributed by atoms with van der Waals surface area (Å²) in [4.78, 5) is 16.2. The zero-order valence-electron chi connectivity index (χ0n) is 11.6. The highest BCUT2D eigenvalue weighted by Crippen LogP contribution is 2.21. The van der Waals surface area contributed by atoms with Gasteiger partial charge in [-0.3, -0.25) is 4.79 Å². The van der Waals surface area contributed by atoms with Gasteiger partial charge in [-0.2, -0.15) is 0 Å². The molecule has 1 aromatic carbocycles. The van der Waals surface area contributed by atoms with Crippen molar-refractivity contribution < 1.29 is 4.79 Å². The van der Waals surface area contributed by atoms with Gasteiger partial charge in [-0.25, -0.2) is 4.98 Å². The van der Waals surface area contributed by atoms with Gasteiger partial charge in [0.25, 0.3) is 5.91 Å². The number of halogens is 3. The SMILES string of the molecule is Cl.NCCc1nc(C(=O)NCCc2ccc(Cl)cc2Cl)cs1. The Morgan fingerprint density at radius 3 is 2.77 bits per heavy atom. The van der Waals surface area contributed by atoms with Crippen LogP contribution in [0.1, 0.15) is 21.1 Å². The molecule has 0 radical (unpaired) electrons. The number of rotatable bonds is 6. The van der Waals surface area contributed by atoms with Gasteiger partial charge >= 0.3 is 0 Å². The van der Waals surface area contributed by atoms with E-state index in [0.29, 0.717) is 41.7 Å². The number of nitrogens with zero attached hydrogens (tertiary/aromatic N) is 1. The van der Waals surface area contributed by atoms with Crippen molar-refractivity contribution in [1.29, 1.82) is 0 Å². The largest absolute Gasteiger partial charge is 0.350 e. The molecule has 0 unspecified atom stereocenters. The molecule has 0 spiro atoms. The zero-order valence-corrected chi connectivity index (χ0v) is 14.8. The smallest absolute Gasteiger partial charge is 0.270 e. The number of nitrogens with one attached hydrogen (secondary N) is 1. The Balaban J connectivity index is 0.00000242. The van der Waals surface area contributed by atoms with Gasteiger partial charge in [0, 0.05) is 28.4 Å². The van der Waals surface area contributed by atoms with E-state index >= 15 is 0 Å². The summed E-state index contributed by atoms with van der Waals surface area (Å²) in [7, 11) is 0. The van der Waals surface area contributed by atoms with Crippen LogP contribution in [0.25, 0.3) is 0 Å². The molecule has 0 bridgehead atoms. The molecule has 22 heavy (non-hydrogen) atoms. The first-order valence-electron chi connectivity index (χ1n) is 6.46. The summed E-state index contributed by atoms with van der Waals surface area (Å²) < 4.78 is 0. The number of nitrogens with two attached hydrogens (primary N) is 1. The fourth-order valence-corrected chi connectivity index (χ4v) is 3.08. The fourth-order valence-electron chi connectivity index (χ4n) is 1.78. The molecule has 1 amide bonds. The highest BCUT2D eigenvalue weighted by molar-refractivity contribution is 7.09. The van der Waals surface area contributed by atoms with Crippen LogP contribution in [0.15, 0.2) is 23.6 Å². The van der Waals surface area contributed by atoms with Crippen LogP contribution in [0.4, 0.5) is 0 Å². The van der Waals surface area contributed by atoms with Crippen LogP contribution in [0.5, 0.6) is 0 Å². The predicted octanol–water partition coefficient (Wildman–Crippen LogP) is 3.35. The van der Waals surface area contributed by atoms with Crippen molar-refractivity contribution in [2.24, 2.45) is 5.73 Å². The maximum Gasteiger partial charge on any atom is 0.270 e. The van der Waals surface area contributed by atoms with Crippen molar-refractivity contribution in [3.8, 4) is 0 Å². The third kappa shape index (κ3) is 5.41. The number of carbonyl (C=O) groups is 1. The second kappa shape index (κ2) is 9.33. The Morgan fingerprint density at radius 2 is 2.09 bits per heavy atom. The molecule has 0 aliphatic carbocycles. The van der Waals surface area contributed by atoms with Crippen molar-refractivity contribution in [3.63, 3.8) is 0 Å². The molecule has 2 aromatic rings.